The van der Waals surface area contributed by atoms with E-state index in [1.54, 1.807) is 0 Å². The monoisotopic (exact) mass is 353 g/mol. The fraction of sp³-hybridized carbons (Fsp3) is 0.818. The van der Waals surface area contributed by atoms with E-state index in [4.69, 9.17) is 4.55 Å². The fourth-order valence-corrected chi connectivity index (χ4v) is 4.17. The molecular formula is C11H16FN3O7S. The van der Waals surface area contributed by atoms with Crippen molar-refractivity contribution < 1.29 is 36.3 Å². The van der Waals surface area contributed by atoms with Gasteiger partial charge in [0.2, 0.25) is 0 Å². The van der Waals surface area contributed by atoms with Gasteiger partial charge in [-0.15, -0.1) is 4.28 Å². The Labute approximate surface area is 131 Å². The van der Waals surface area contributed by atoms with Gasteiger partial charge in [-0.3, -0.25) is 4.55 Å². The average Bonchev–Trinajstić information content (AvgIpc) is 2.97. The molecule has 0 saturated carbocycles. The average molecular weight is 353 g/mol. The topological polar surface area (TPSA) is 136 Å². The molecule has 3 rings (SSSR count). The number of urea groups is 1. The normalized spacial score (nSPS) is 37.5. The van der Waals surface area contributed by atoms with E-state index < -0.39 is 46.1 Å². The number of nitrogens with one attached hydrogen (secondary N) is 1. The Morgan fingerprint density at radius 2 is 2.13 bits per heavy atom. The molecule has 0 spiro atoms. The SMILES string of the molecule is O=C1N(OS(=O)(=O)O)[C@@H]2CC[C@@](C(=O)O)([C@@H]3CNC[C@@H]3F)N1C2. The molecule has 2 amide bonds. The zero-order valence-electron chi connectivity index (χ0n) is 11.9. The van der Waals surface area contributed by atoms with Gasteiger partial charge in [0.05, 0.1) is 6.04 Å². The van der Waals surface area contributed by atoms with Crippen molar-refractivity contribution in [3.63, 3.8) is 0 Å². The molecule has 0 aromatic carbocycles. The number of rotatable bonds is 4. The van der Waals surface area contributed by atoms with Crippen molar-refractivity contribution in [2.75, 3.05) is 19.6 Å². The number of carboxylic acids is 1. The highest BCUT2D eigenvalue weighted by Crippen LogP contribution is 2.44. The molecule has 130 valence electrons. The Morgan fingerprint density at radius 1 is 1.43 bits per heavy atom. The van der Waals surface area contributed by atoms with Crippen molar-refractivity contribution in [1.82, 2.24) is 15.3 Å². The molecule has 3 fully saturated rings. The van der Waals surface area contributed by atoms with Crippen LogP contribution in [0.3, 0.4) is 0 Å². The molecular weight excluding hydrogens is 337 g/mol. The van der Waals surface area contributed by atoms with E-state index >= 15 is 0 Å². The molecule has 10 nitrogen and oxygen atoms in total. The third-order valence-corrected chi connectivity index (χ3v) is 5.13. The molecule has 0 aliphatic carbocycles. The van der Waals surface area contributed by atoms with Gasteiger partial charge in [0.25, 0.3) is 0 Å². The molecule has 3 saturated heterocycles. The highest BCUT2D eigenvalue weighted by Gasteiger charge is 2.63. The van der Waals surface area contributed by atoms with E-state index in [2.05, 4.69) is 9.60 Å². The number of carboxylic acid groups (broad SMARTS) is 1. The fourth-order valence-electron chi connectivity index (χ4n) is 3.78. The second kappa shape index (κ2) is 5.26. The molecule has 2 bridgehead atoms. The van der Waals surface area contributed by atoms with Crippen molar-refractivity contribution in [3.8, 4) is 0 Å². The molecule has 0 aromatic heterocycles. The number of carbonyl (C=O) groups is 2. The van der Waals surface area contributed by atoms with Crippen LogP contribution in [0.4, 0.5) is 9.18 Å². The van der Waals surface area contributed by atoms with Crippen LogP contribution < -0.4 is 5.32 Å². The summed E-state index contributed by atoms with van der Waals surface area (Å²) in [6.45, 7) is -0.0126. The van der Waals surface area contributed by atoms with Crippen LogP contribution in [0, 0.1) is 5.92 Å². The summed E-state index contributed by atoms with van der Waals surface area (Å²) in [5.41, 5.74) is -1.77. The van der Waals surface area contributed by atoms with Crippen molar-refractivity contribution in [1.29, 1.82) is 0 Å². The summed E-state index contributed by atoms with van der Waals surface area (Å²) in [6, 6.07) is -1.73. The largest absolute Gasteiger partial charge is 0.479 e. The van der Waals surface area contributed by atoms with Crippen LogP contribution in [0.15, 0.2) is 0 Å². The first-order chi connectivity index (χ1) is 10.7. The van der Waals surface area contributed by atoms with Crippen molar-refractivity contribution in [2.45, 2.75) is 30.6 Å². The minimum Gasteiger partial charge on any atom is -0.479 e. The van der Waals surface area contributed by atoms with Gasteiger partial charge in [0.15, 0.2) is 0 Å². The molecule has 12 heteroatoms. The smallest absolute Gasteiger partial charge is 0.418 e. The van der Waals surface area contributed by atoms with E-state index in [1.165, 1.54) is 0 Å². The summed E-state index contributed by atoms with van der Waals surface area (Å²) in [5, 5.41) is 12.9. The lowest BCUT2D eigenvalue weighted by Gasteiger charge is -2.44. The number of hydrogen-bond donors (Lipinski definition) is 3. The molecule has 23 heavy (non-hydrogen) atoms. The quantitative estimate of drug-likeness (QED) is 0.548. The maximum Gasteiger partial charge on any atom is 0.418 e. The number of nitrogens with zero attached hydrogens (tertiary/aromatic N) is 2. The summed E-state index contributed by atoms with van der Waals surface area (Å²) < 4.78 is 48.9. The predicted molar refractivity (Wildman–Crippen MR) is 71.2 cm³/mol. The van der Waals surface area contributed by atoms with Crippen LogP contribution in [0.1, 0.15) is 12.8 Å². The van der Waals surface area contributed by atoms with Gasteiger partial charge in [0.1, 0.15) is 11.7 Å². The second-order valence-electron chi connectivity index (χ2n) is 5.92. The van der Waals surface area contributed by atoms with Gasteiger partial charge in [0, 0.05) is 25.6 Å². The Bertz CT molecular complexity index is 644. The summed E-state index contributed by atoms with van der Waals surface area (Å²) in [6.07, 6.45) is -1.35. The highest BCUT2D eigenvalue weighted by molar-refractivity contribution is 7.80. The molecule has 0 radical (unpaired) electrons. The first kappa shape index (κ1) is 16.4. The van der Waals surface area contributed by atoms with Crippen LogP contribution in [0.25, 0.3) is 0 Å². The van der Waals surface area contributed by atoms with E-state index in [-0.39, 0.29) is 32.5 Å². The third-order valence-electron chi connectivity index (χ3n) is 4.78. The Kier molecular flexibility index (Phi) is 3.74. The van der Waals surface area contributed by atoms with Crippen molar-refractivity contribution >= 4 is 22.4 Å². The maximum atomic E-state index is 14.2. The number of amides is 2. The van der Waals surface area contributed by atoms with Crippen LogP contribution in [-0.4, -0.2) is 77.4 Å². The van der Waals surface area contributed by atoms with Gasteiger partial charge in [-0.2, -0.15) is 13.5 Å². The minimum atomic E-state index is -4.92. The minimum absolute atomic E-state index is 0.00358. The van der Waals surface area contributed by atoms with Gasteiger partial charge in [-0.1, -0.05) is 0 Å². The maximum absolute atomic E-state index is 14.2. The van der Waals surface area contributed by atoms with Crippen LogP contribution >= 0.6 is 0 Å². The van der Waals surface area contributed by atoms with Gasteiger partial charge in [-0.05, 0) is 12.8 Å². The van der Waals surface area contributed by atoms with E-state index in [9.17, 15) is 27.5 Å². The molecule has 0 unspecified atom stereocenters. The van der Waals surface area contributed by atoms with Gasteiger partial charge >= 0.3 is 22.4 Å². The molecule has 3 aliphatic rings. The first-order valence-electron chi connectivity index (χ1n) is 7.03. The van der Waals surface area contributed by atoms with Crippen LogP contribution in [-0.2, 0) is 19.5 Å². The molecule has 3 heterocycles. The number of carbonyl (C=O) groups excluding carboxylic acids is 1. The highest BCUT2D eigenvalue weighted by atomic mass is 32.3. The summed E-state index contributed by atoms with van der Waals surface area (Å²) in [7, 11) is -4.92. The summed E-state index contributed by atoms with van der Waals surface area (Å²) in [5.74, 6) is -2.29. The second-order valence-corrected chi connectivity index (χ2v) is 6.93. The Morgan fingerprint density at radius 3 is 2.65 bits per heavy atom. The zero-order valence-corrected chi connectivity index (χ0v) is 12.7. The lowest BCUT2D eigenvalue weighted by molar-refractivity contribution is -0.156. The van der Waals surface area contributed by atoms with E-state index in [1.807, 2.05) is 0 Å². The van der Waals surface area contributed by atoms with Crippen molar-refractivity contribution in [3.05, 3.63) is 0 Å². The number of fused-ring (bicyclic) bond motifs is 2. The number of hydrogen-bond acceptors (Lipinski definition) is 6. The molecule has 3 N–H and O–H groups in total. The Hall–Kier alpha value is -1.50. The molecule has 3 aliphatic heterocycles. The number of hydroxylamine groups is 2. The number of aliphatic carboxylic acids is 1. The lowest BCUT2D eigenvalue weighted by Crippen LogP contribution is -2.64. The van der Waals surface area contributed by atoms with E-state index in [0.717, 1.165) is 4.90 Å². The van der Waals surface area contributed by atoms with E-state index in [0.29, 0.717) is 5.06 Å². The third kappa shape index (κ3) is 2.45. The molecule has 0 aromatic rings. The van der Waals surface area contributed by atoms with Crippen LogP contribution in [0.2, 0.25) is 0 Å². The zero-order chi connectivity index (χ0) is 17.0. The van der Waals surface area contributed by atoms with Crippen LogP contribution in [0.5, 0.6) is 0 Å². The predicted octanol–water partition coefficient (Wildman–Crippen LogP) is -0.998. The van der Waals surface area contributed by atoms with Crippen molar-refractivity contribution in [2.24, 2.45) is 5.92 Å². The first-order valence-corrected chi connectivity index (χ1v) is 8.39. The Balaban J connectivity index is 1.96. The number of piperidine rings is 1. The van der Waals surface area contributed by atoms with Gasteiger partial charge < -0.3 is 15.3 Å². The summed E-state index contributed by atoms with van der Waals surface area (Å²) >= 11 is 0. The number of halogens is 1. The lowest BCUT2D eigenvalue weighted by atomic mass is 9.74. The van der Waals surface area contributed by atoms with Gasteiger partial charge in [-0.25, -0.2) is 14.0 Å². The standard InChI is InChI=1S/C11H16FN3O7S/c12-8-4-13-3-7(8)11(9(16)17)2-1-6-5-14(11)10(18)15(6)22-23(19,20)21/h6-8,13H,1-5H2,(H,16,17)(H,19,20,21)/t6-,7-,8+,11+/m1/s1. The number of alkyl halides is 1. The molecule has 4 atom stereocenters. The summed E-state index contributed by atoms with van der Waals surface area (Å²) in [4.78, 5) is 25.3.